The Hall–Kier alpha value is -2.69. The normalized spacial score (nSPS) is 10.7. The van der Waals surface area contributed by atoms with Gasteiger partial charge in [0.1, 0.15) is 0 Å². The van der Waals surface area contributed by atoms with Gasteiger partial charge < -0.3 is 5.73 Å². The Morgan fingerprint density at radius 2 is 1.75 bits per heavy atom. The average Bonchev–Trinajstić information content (AvgIpc) is 2.82. The molecule has 2 heterocycles. The molecule has 100 valence electrons. The lowest BCUT2D eigenvalue weighted by Crippen LogP contribution is -1.94. The zero-order valence-electron chi connectivity index (χ0n) is 11.4. The molecule has 20 heavy (non-hydrogen) atoms. The Kier molecular flexibility index (Phi) is 2.95. The van der Waals surface area contributed by atoms with E-state index in [9.17, 15) is 0 Å². The third-order valence-electron chi connectivity index (χ3n) is 3.32. The molecule has 0 unspecified atom stereocenters. The molecule has 0 bridgehead atoms. The Labute approximate surface area is 116 Å². The van der Waals surface area contributed by atoms with Gasteiger partial charge in [0.2, 0.25) is 5.95 Å². The van der Waals surface area contributed by atoms with Gasteiger partial charge in [-0.05, 0) is 19.4 Å². The zero-order valence-corrected chi connectivity index (χ0v) is 11.4. The predicted molar refractivity (Wildman–Crippen MR) is 78.9 cm³/mol. The van der Waals surface area contributed by atoms with Crippen molar-refractivity contribution in [3.63, 3.8) is 0 Å². The number of H-pyrrole nitrogens is 1. The number of benzene rings is 1. The van der Waals surface area contributed by atoms with Gasteiger partial charge in [0.15, 0.2) is 0 Å². The maximum Gasteiger partial charge on any atom is 0.219 e. The van der Waals surface area contributed by atoms with E-state index in [0.29, 0.717) is 0 Å². The molecular formula is C15H15N5. The van der Waals surface area contributed by atoms with Gasteiger partial charge in [-0.3, -0.25) is 5.10 Å². The molecule has 0 amide bonds. The largest absolute Gasteiger partial charge is 0.368 e. The van der Waals surface area contributed by atoms with Crippen LogP contribution in [0.1, 0.15) is 11.3 Å². The molecule has 1 aromatic carbocycles. The first-order valence-corrected chi connectivity index (χ1v) is 6.35. The highest BCUT2D eigenvalue weighted by Crippen LogP contribution is 2.33. The van der Waals surface area contributed by atoms with Crippen molar-refractivity contribution in [1.82, 2.24) is 20.2 Å². The van der Waals surface area contributed by atoms with Crippen molar-refractivity contribution in [2.75, 3.05) is 5.73 Å². The molecule has 0 aliphatic rings. The molecule has 0 spiro atoms. The van der Waals surface area contributed by atoms with Crippen LogP contribution in [0.25, 0.3) is 22.4 Å². The first-order valence-electron chi connectivity index (χ1n) is 6.35. The highest BCUT2D eigenvalue weighted by molar-refractivity contribution is 5.83. The van der Waals surface area contributed by atoms with Crippen LogP contribution in [0.3, 0.4) is 0 Å². The van der Waals surface area contributed by atoms with Gasteiger partial charge in [-0.1, -0.05) is 24.3 Å². The maximum atomic E-state index is 5.55. The average molecular weight is 265 g/mol. The third-order valence-corrected chi connectivity index (χ3v) is 3.32. The first kappa shape index (κ1) is 12.3. The molecule has 5 nitrogen and oxygen atoms in total. The Morgan fingerprint density at radius 3 is 2.45 bits per heavy atom. The Balaban J connectivity index is 2.20. The number of aromatic nitrogens is 4. The number of nitrogens with two attached hydrogens (primary N) is 1. The summed E-state index contributed by atoms with van der Waals surface area (Å²) in [7, 11) is 0. The number of anilines is 1. The van der Waals surface area contributed by atoms with Gasteiger partial charge in [0.25, 0.3) is 0 Å². The van der Waals surface area contributed by atoms with Crippen LogP contribution < -0.4 is 5.73 Å². The van der Waals surface area contributed by atoms with Crippen LogP contribution in [0.5, 0.6) is 0 Å². The van der Waals surface area contributed by atoms with E-state index in [1.807, 2.05) is 19.1 Å². The number of hydrogen-bond acceptors (Lipinski definition) is 4. The summed E-state index contributed by atoms with van der Waals surface area (Å²) in [5, 5.41) is 7.43. The monoisotopic (exact) mass is 265 g/mol. The second-order valence-electron chi connectivity index (χ2n) is 4.70. The lowest BCUT2D eigenvalue weighted by Gasteiger charge is -2.07. The van der Waals surface area contributed by atoms with Crippen molar-refractivity contribution in [3.05, 3.63) is 47.9 Å². The summed E-state index contributed by atoms with van der Waals surface area (Å²) in [6.07, 6.45) is 3.45. The number of hydrogen-bond donors (Lipinski definition) is 2. The van der Waals surface area contributed by atoms with Gasteiger partial charge >= 0.3 is 0 Å². The fourth-order valence-electron chi connectivity index (χ4n) is 2.30. The SMILES string of the molecule is Cc1ccccc1-c1[nH]nc(C)c1-c1cnc(N)nc1. The number of nitrogen functional groups attached to an aromatic ring is 1. The lowest BCUT2D eigenvalue weighted by molar-refractivity contribution is 1.05. The van der Waals surface area contributed by atoms with E-state index in [4.69, 9.17) is 5.73 Å². The fourth-order valence-corrected chi connectivity index (χ4v) is 2.30. The van der Waals surface area contributed by atoms with Gasteiger partial charge in [0, 0.05) is 29.1 Å². The summed E-state index contributed by atoms with van der Waals surface area (Å²) < 4.78 is 0. The van der Waals surface area contributed by atoms with E-state index in [1.54, 1.807) is 12.4 Å². The van der Waals surface area contributed by atoms with Crippen LogP contribution in [0.4, 0.5) is 5.95 Å². The topological polar surface area (TPSA) is 80.5 Å². The quantitative estimate of drug-likeness (QED) is 0.746. The van der Waals surface area contributed by atoms with Crippen LogP contribution in [-0.2, 0) is 0 Å². The van der Waals surface area contributed by atoms with Crippen molar-refractivity contribution in [2.24, 2.45) is 0 Å². The molecular weight excluding hydrogens is 250 g/mol. The Morgan fingerprint density at radius 1 is 1.05 bits per heavy atom. The van der Waals surface area contributed by atoms with Gasteiger partial charge in [-0.25, -0.2) is 9.97 Å². The smallest absolute Gasteiger partial charge is 0.219 e. The van der Waals surface area contributed by atoms with Crippen LogP contribution in [0.2, 0.25) is 0 Å². The summed E-state index contributed by atoms with van der Waals surface area (Å²) in [4.78, 5) is 8.12. The van der Waals surface area contributed by atoms with Gasteiger partial charge in [-0.15, -0.1) is 0 Å². The Bertz CT molecular complexity index is 743. The van der Waals surface area contributed by atoms with E-state index < -0.39 is 0 Å². The number of nitrogens with zero attached hydrogens (tertiary/aromatic N) is 3. The molecule has 0 saturated heterocycles. The van der Waals surface area contributed by atoms with E-state index >= 15 is 0 Å². The van der Waals surface area contributed by atoms with Crippen molar-refractivity contribution in [1.29, 1.82) is 0 Å². The second-order valence-corrected chi connectivity index (χ2v) is 4.70. The van der Waals surface area contributed by atoms with E-state index in [2.05, 4.69) is 39.2 Å². The molecule has 3 aromatic rings. The minimum Gasteiger partial charge on any atom is -0.368 e. The summed E-state index contributed by atoms with van der Waals surface area (Å²) in [6.45, 7) is 4.04. The first-order chi connectivity index (χ1) is 9.66. The molecule has 0 aliphatic carbocycles. The van der Waals surface area contributed by atoms with Gasteiger partial charge in [0.05, 0.1) is 11.4 Å². The highest BCUT2D eigenvalue weighted by Gasteiger charge is 2.15. The maximum absolute atomic E-state index is 5.55. The third kappa shape index (κ3) is 2.03. The molecule has 0 saturated carbocycles. The van der Waals surface area contributed by atoms with Crippen molar-refractivity contribution in [2.45, 2.75) is 13.8 Å². The van der Waals surface area contributed by atoms with Crippen LogP contribution in [0, 0.1) is 13.8 Å². The zero-order chi connectivity index (χ0) is 14.1. The lowest BCUT2D eigenvalue weighted by atomic mass is 9.98. The molecule has 0 aliphatic heterocycles. The van der Waals surface area contributed by atoms with Crippen LogP contribution >= 0.6 is 0 Å². The van der Waals surface area contributed by atoms with E-state index in [1.165, 1.54) is 5.56 Å². The predicted octanol–water partition coefficient (Wildman–Crippen LogP) is 2.73. The standard InChI is InChI=1S/C15H15N5/c1-9-5-3-4-6-12(9)14-13(10(2)19-20-14)11-7-17-15(16)18-8-11/h3-8H,1-2H3,(H,19,20)(H2,16,17,18). The number of aromatic amines is 1. The fraction of sp³-hybridized carbons (Fsp3) is 0.133. The van der Waals surface area contributed by atoms with E-state index in [-0.39, 0.29) is 5.95 Å². The summed E-state index contributed by atoms with van der Waals surface area (Å²) in [6, 6.07) is 8.19. The molecule has 0 fully saturated rings. The van der Waals surface area contributed by atoms with Crippen molar-refractivity contribution < 1.29 is 0 Å². The highest BCUT2D eigenvalue weighted by atomic mass is 15.1. The molecule has 5 heteroatoms. The van der Waals surface area contributed by atoms with Crippen molar-refractivity contribution in [3.8, 4) is 22.4 Å². The number of rotatable bonds is 2. The molecule has 3 N–H and O–H groups in total. The molecule has 0 radical (unpaired) electrons. The second kappa shape index (κ2) is 4.77. The molecule has 2 aromatic heterocycles. The molecule has 0 atom stereocenters. The summed E-state index contributed by atoms with van der Waals surface area (Å²) in [5.41, 5.74) is 11.7. The minimum absolute atomic E-state index is 0.271. The summed E-state index contributed by atoms with van der Waals surface area (Å²) in [5.74, 6) is 0.271. The van der Waals surface area contributed by atoms with E-state index in [0.717, 1.165) is 28.1 Å². The minimum atomic E-state index is 0.271. The molecule has 3 rings (SSSR count). The van der Waals surface area contributed by atoms with Crippen LogP contribution in [0.15, 0.2) is 36.7 Å². The number of aryl methyl sites for hydroxylation is 2. The number of nitrogens with one attached hydrogen (secondary N) is 1. The summed E-state index contributed by atoms with van der Waals surface area (Å²) >= 11 is 0. The van der Waals surface area contributed by atoms with Crippen molar-refractivity contribution >= 4 is 5.95 Å². The van der Waals surface area contributed by atoms with Gasteiger partial charge in [-0.2, -0.15) is 5.10 Å². The van der Waals surface area contributed by atoms with Crippen LogP contribution in [-0.4, -0.2) is 20.2 Å².